The molecule has 3 heterocycles. The minimum Gasteiger partial charge on any atom is -0.365 e. The van der Waals surface area contributed by atoms with Gasteiger partial charge in [-0.05, 0) is 58.0 Å². The maximum atomic E-state index is 13.8. The second-order valence-electron chi connectivity index (χ2n) is 8.14. The number of thiophene rings is 1. The van der Waals surface area contributed by atoms with E-state index in [0.717, 1.165) is 30.2 Å². The van der Waals surface area contributed by atoms with Gasteiger partial charge in [-0.25, -0.2) is 4.98 Å². The Labute approximate surface area is 166 Å². The predicted octanol–water partition coefficient (Wildman–Crippen LogP) is 5.66. The SMILES string of the molecule is C[C@H]1CCCN1C(=O)c1ccsc1-c1cnc(NC(C)(C)C)cc1C(F)(F)F. The first kappa shape index (κ1) is 20.6. The van der Waals surface area contributed by atoms with Crippen molar-refractivity contribution in [3.05, 3.63) is 34.8 Å². The van der Waals surface area contributed by atoms with E-state index in [1.165, 1.54) is 6.20 Å². The van der Waals surface area contributed by atoms with Gasteiger partial charge in [0.1, 0.15) is 5.82 Å². The predicted molar refractivity (Wildman–Crippen MR) is 106 cm³/mol. The molecule has 1 fully saturated rings. The quantitative estimate of drug-likeness (QED) is 0.708. The van der Waals surface area contributed by atoms with Gasteiger partial charge in [0.2, 0.25) is 0 Å². The number of pyridine rings is 1. The summed E-state index contributed by atoms with van der Waals surface area (Å²) in [6.45, 7) is 8.15. The van der Waals surface area contributed by atoms with Gasteiger partial charge in [0.05, 0.1) is 11.1 Å². The summed E-state index contributed by atoms with van der Waals surface area (Å²) in [5.74, 6) is -0.0626. The van der Waals surface area contributed by atoms with E-state index >= 15 is 0 Å². The van der Waals surface area contributed by atoms with Gasteiger partial charge in [0.25, 0.3) is 5.91 Å². The van der Waals surface area contributed by atoms with Crippen molar-refractivity contribution in [1.82, 2.24) is 9.88 Å². The number of nitrogens with one attached hydrogen (secondary N) is 1. The lowest BCUT2D eigenvalue weighted by molar-refractivity contribution is -0.137. The molecule has 0 saturated carbocycles. The second-order valence-corrected chi connectivity index (χ2v) is 9.06. The molecule has 152 valence electrons. The lowest BCUT2D eigenvalue weighted by atomic mass is 10.0. The molecule has 1 saturated heterocycles. The van der Waals surface area contributed by atoms with Gasteiger partial charge < -0.3 is 10.2 Å². The van der Waals surface area contributed by atoms with Crippen LogP contribution in [0.1, 0.15) is 56.5 Å². The molecule has 3 rings (SSSR count). The third-order valence-corrected chi connectivity index (χ3v) is 5.61. The molecule has 2 aromatic rings. The van der Waals surface area contributed by atoms with Crippen LogP contribution in [0.2, 0.25) is 0 Å². The first-order chi connectivity index (χ1) is 13.0. The highest BCUT2D eigenvalue weighted by Gasteiger charge is 2.37. The highest BCUT2D eigenvalue weighted by atomic mass is 32.1. The molecule has 4 nitrogen and oxygen atoms in total. The molecular formula is C20H24F3N3OS. The Bertz CT molecular complexity index is 870. The van der Waals surface area contributed by atoms with Gasteiger partial charge in [0.15, 0.2) is 0 Å². The molecule has 0 unspecified atom stereocenters. The molecule has 0 radical (unpaired) electrons. The highest BCUT2D eigenvalue weighted by Crippen LogP contribution is 2.41. The molecule has 1 atom stereocenters. The largest absolute Gasteiger partial charge is 0.417 e. The number of carbonyl (C=O) groups is 1. The Morgan fingerprint density at radius 3 is 2.61 bits per heavy atom. The van der Waals surface area contributed by atoms with Gasteiger partial charge in [-0.1, -0.05) is 0 Å². The van der Waals surface area contributed by atoms with Crippen LogP contribution < -0.4 is 5.32 Å². The van der Waals surface area contributed by atoms with Crippen LogP contribution in [-0.2, 0) is 6.18 Å². The fraction of sp³-hybridized carbons (Fsp3) is 0.500. The minimum absolute atomic E-state index is 0.0582. The number of carbonyl (C=O) groups excluding carboxylic acids is 1. The molecule has 8 heteroatoms. The van der Waals surface area contributed by atoms with Crippen molar-refractivity contribution >= 4 is 23.1 Å². The van der Waals surface area contributed by atoms with Crippen molar-refractivity contribution in [2.24, 2.45) is 0 Å². The number of nitrogens with zero attached hydrogens (tertiary/aromatic N) is 2. The lowest BCUT2D eigenvalue weighted by Crippen LogP contribution is -2.33. The minimum atomic E-state index is -4.56. The standard InChI is InChI=1S/C20H24F3N3OS/c1-12-6-5-8-26(12)18(27)13-7-9-28-17(13)14-11-24-16(25-19(2,3)4)10-15(14)20(21,22)23/h7,9-12H,5-6,8H2,1-4H3,(H,24,25)/t12-/m0/s1. The topological polar surface area (TPSA) is 45.2 Å². The Kier molecular flexibility index (Phi) is 5.44. The van der Waals surface area contributed by atoms with Crippen LogP contribution in [0, 0.1) is 0 Å². The lowest BCUT2D eigenvalue weighted by Gasteiger charge is -2.23. The molecule has 0 aliphatic carbocycles. The van der Waals surface area contributed by atoms with Crippen molar-refractivity contribution in [2.45, 2.75) is 58.3 Å². The molecule has 28 heavy (non-hydrogen) atoms. The number of likely N-dealkylation sites (tertiary alicyclic amines) is 1. The van der Waals surface area contributed by atoms with Crippen molar-refractivity contribution in [2.75, 3.05) is 11.9 Å². The van der Waals surface area contributed by atoms with Crippen LogP contribution >= 0.6 is 11.3 Å². The summed E-state index contributed by atoms with van der Waals surface area (Å²) in [5, 5.41) is 4.63. The van der Waals surface area contributed by atoms with Crippen LogP contribution in [0.3, 0.4) is 0 Å². The van der Waals surface area contributed by atoms with Gasteiger partial charge in [0, 0.05) is 34.8 Å². The van der Waals surface area contributed by atoms with Crippen LogP contribution in [0.25, 0.3) is 10.4 Å². The Morgan fingerprint density at radius 2 is 2.04 bits per heavy atom. The number of halogens is 3. The zero-order chi connectivity index (χ0) is 20.7. The van der Waals surface area contributed by atoms with E-state index in [4.69, 9.17) is 0 Å². The Hall–Kier alpha value is -2.09. The van der Waals surface area contributed by atoms with Crippen LogP contribution in [0.15, 0.2) is 23.7 Å². The van der Waals surface area contributed by atoms with Crippen molar-refractivity contribution in [3.63, 3.8) is 0 Å². The first-order valence-electron chi connectivity index (χ1n) is 9.21. The van der Waals surface area contributed by atoms with E-state index in [0.29, 0.717) is 17.0 Å². The van der Waals surface area contributed by atoms with Gasteiger partial charge in [-0.3, -0.25) is 4.79 Å². The van der Waals surface area contributed by atoms with E-state index in [1.54, 1.807) is 16.3 Å². The van der Waals surface area contributed by atoms with Crippen molar-refractivity contribution < 1.29 is 18.0 Å². The van der Waals surface area contributed by atoms with Crippen LogP contribution in [0.5, 0.6) is 0 Å². The molecule has 1 aliphatic heterocycles. The third-order valence-electron chi connectivity index (χ3n) is 4.67. The monoisotopic (exact) mass is 411 g/mol. The van der Waals surface area contributed by atoms with Crippen molar-refractivity contribution in [3.8, 4) is 10.4 Å². The number of hydrogen-bond acceptors (Lipinski definition) is 4. The number of aromatic nitrogens is 1. The van der Waals surface area contributed by atoms with E-state index in [2.05, 4.69) is 10.3 Å². The number of alkyl halides is 3. The molecule has 0 aromatic carbocycles. The summed E-state index contributed by atoms with van der Waals surface area (Å²) in [6, 6.07) is 2.72. The molecule has 0 bridgehead atoms. The molecule has 1 N–H and O–H groups in total. The zero-order valence-corrected chi connectivity index (χ0v) is 17.2. The first-order valence-corrected chi connectivity index (χ1v) is 10.1. The second kappa shape index (κ2) is 7.39. The normalized spacial score (nSPS) is 17.8. The highest BCUT2D eigenvalue weighted by molar-refractivity contribution is 7.14. The van der Waals surface area contributed by atoms with Gasteiger partial charge in [-0.2, -0.15) is 13.2 Å². The summed E-state index contributed by atoms with van der Waals surface area (Å²) in [6.07, 6.45) is -1.52. The zero-order valence-electron chi connectivity index (χ0n) is 16.4. The maximum Gasteiger partial charge on any atom is 0.417 e. The molecule has 0 spiro atoms. The summed E-state index contributed by atoms with van der Waals surface area (Å²) in [5.41, 5.74) is -0.965. The third kappa shape index (κ3) is 4.32. The molecule has 1 amide bonds. The Morgan fingerprint density at radius 1 is 1.32 bits per heavy atom. The van der Waals surface area contributed by atoms with Gasteiger partial charge in [-0.15, -0.1) is 11.3 Å². The number of hydrogen-bond donors (Lipinski definition) is 1. The fourth-order valence-electron chi connectivity index (χ4n) is 3.40. The average molecular weight is 411 g/mol. The Balaban J connectivity index is 2.05. The van der Waals surface area contributed by atoms with Crippen molar-refractivity contribution in [1.29, 1.82) is 0 Å². The smallest absolute Gasteiger partial charge is 0.365 e. The summed E-state index contributed by atoms with van der Waals surface area (Å²) < 4.78 is 41.4. The molecule has 1 aliphatic rings. The maximum absolute atomic E-state index is 13.8. The summed E-state index contributed by atoms with van der Waals surface area (Å²) >= 11 is 1.13. The summed E-state index contributed by atoms with van der Waals surface area (Å²) in [7, 11) is 0. The van der Waals surface area contributed by atoms with Crippen LogP contribution in [0.4, 0.5) is 19.0 Å². The average Bonchev–Trinajstić information content (AvgIpc) is 3.21. The van der Waals surface area contributed by atoms with E-state index in [9.17, 15) is 18.0 Å². The van der Waals surface area contributed by atoms with Gasteiger partial charge >= 0.3 is 6.18 Å². The molecule has 2 aromatic heterocycles. The number of anilines is 1. The fourth-order valence-corrected chi connectivity index (χ4v) is 4.31. The number of amides is 1. The van der Waals surface area contributed by atoms with Crippen LogP contribution in [-0.4, -0.2) is 33.9 Å². The summed E-state index contributed by atoms with van der Waals surface area (Å²) in [4.78, 5) is 19.2. The van der Waals surface area contributed by atoms with E-state index in [1.807, 2.05) is 27.7 Å². The van der Waals surface area contributed by atoms with E-state index < -0.39 is 17.3 Å². The number of rotatable bonds is 3. The molecular weight excluding hydrogens is 387 g/mol. The van der Waals surface area contributed by atoms with E-state index in [-0.39, 0.29) is 23.3 Å².